The van der Waals surface area contributed by atoms with E-state index >= 15 is 0 Å². The average Bonchev–Trinajstić information content (AvgIpc) is 2.76. The SMILES string of the molecule is CCOCCOc1ccc(C(=O)NC(=S)NNC(=O)Cc2ccc(OC)cc2)cc1. The molecule has 0 spiro atoms. The summed E-state index contributed by atoms with van der Waals surface area (Å²) in [5.41, 5.74) is 6.18. The molecule has 0 aliphatic heterocycles. The van der Waals surface area contributed by atoms with Gasteiger partial charge in [0, 0.05) is 12.2 Å². The van der Waals surface area contributed by atoms with Gasteiger partial charge in [0.15, 0.2) is 5.11 Å². The van der Waals surface area contributed by atoms with Crippen LogP contribution >= 0.6 is 12.2 Å². The van der Waals surface area contributed by atoms with Gasteiger partial charge in [-0.25, -0.2) is 0 Å². The van der Waals surface area contributed by atoms with Crippen LogP contribution in [-0.2, 0) is 16.0 Å². The van der Waals surface area contributed by atoms with Gasteiger partial charge in [-0.05, 0) is 61.1 Å². The van der Waals surface area contributed by atoms with Crippen LogP contribution in [0, 0.1) is 0 Å². The first-order valence-corrected chi connectivity index (χ1v) is 9.76. The second-order valence-corrected chi connectivity index (χ2v) is 6.46. The van der Waals surface area contributed by atoms with Crippen molar-refractivity contribution in [2.45, 2.75) is 13.3 Å². The van der Waals surface area contributed by atoms with Gasteiger partial charge in [-0.1, -0.05) is 12.1 Å². The highest BCUT2D eigenvalue weighted by molar-refractivity contribution is 7.80. The second kappa shape index (κ2) is 12.4. The minimum absolute atomic E-state index is 0.0138. The molecule has 0 unspecified atom stereocenters. The standard InChI is InChI=1S/C21H25N3O5S/c1-3-28-12-13-29-18-10-6-16(7-11-18)20(26)22-21(30)24-23-19(25)14-15-4-8-17(27-2)9-5-15/h4-11H,3,12-14H2,1-2H3,(H,23,25)(H2,22,24,26,30). The number of thiocarbonyl (C=S) groups is 1. The Kier molecular flexibility index (Phi) is 9.56. The Morgan fingerprint density at radius 3 is 2.23 bits per heavy atom. The smallest absolute Gasteiger partial charge is 0.257 e. The van der Waals surface area contributed by atoms with Crippen molar-refractivity contribution >= 4 is 29.1 Å². The Morgan fingerprint density at radius 1 is 0.933 bits per heavy atom. The molecule has 0 aliphatic carbocycles. The molecular formula is C21H25N3O5S. The molecular weight excluding hydrogens is 406 g/mol. The second-order valence-electron chi connectivity index (χ2n) is 6.05. The van der Waals surface area contributed by atoms with Gasteiger partial charge in [0.05, 0.1) is 20.1 Å². The van der Waals surface area contributed by atoms with Crippen LogP contribution in [0.2, 0.25) is 0 Å². The van der Waals surface area contributed by atoms with Crippen molar-refractivity contribution in [1.29, 1.82) is 0 Å². The molecule has 0 saturated carbocycles. The zero-order chi connectivity index (χ0) is 21.8. The quantitative estimate of drug-likeness (QED) is 0.317. The van der Waals surface area contributed by atoms with E-state index in [-0.39, 0.29) is 17.4 Å². The van der Waals surface area contributed by atoms with Crippen molar-refractivity contribution in [1.82, 2.24) is 16.2 Å². The maximum Gasteiger partial charge on any atom is 0.257 e. The minimum Gasteiger partial charge on any atom is -0.497 e. The van der Waals surface area contributed by atoms with Gasteiger partial charge in [0.25, 0.3) is 5.91 Å². The van der Waals surface area contributed by atoms with E-state index in [0.29, 0.717) is 36.9 Å². The van der Waals surface area contributed by atoms with Crippen molar-refractivity contribution in [3.63, 3.8) is 0 Å². The predicted octanol–water partition coefficient (Wildman–Crippen LogP) is 1.99. The van der Waals surface area contributed by atoms with Gasteiger partial charge < -0.3 is 14.2 Å². The molecule has 0 atom stereocenters. The molecule has 2 aromatic rings. The largest absolute Gasteiger partial charge is 0.497 e. The van der Waals surface area contributed by atoms with E-state index < -0.39 is 5.91 Å². The molecule has 0 aliphatic rings. The lowest BCUT2D eigenvalue weighted by Crippen LogP contribution is -2.48. The first-order chi connectivity index (χ1) is 14.5. The number of ether oxygens (including phenoxy) is 3. The van der Waals surface area contributed by atoms with E-state index in [1.54, 1.807) is 55.6 Å². The van der Waals surface area contributed by atoms with Crippen LogP contribution in [0.4, 0.5) is 0 Å². The summed E-state index contributed by atoms with van der Waals surface area (Å²) in [6.07, 6.45) is 0.151. The first kappa shape index (κ1) is 23.1. The number of nitrogens with one attached hydrogen (secondary N) is 3. The normalized spacial score (nSPS) is 10.1. The highest BCUT2D eigenvalue weighted by Crippen LogP contribution is 2.12. The van der Waals surface area contributed by atoms with Gasteiger partial charge in [0.2, 0.25) is 5.91 Å². The van der Waals surface area contributed by atoms with Crippen LogP contribution in [0.5, 0.6) is 11.5 Å². The molecule has 2 aromatic carbocycles. The molecule has 0 radical (unpaired) electrons. The predicted molar refractivity (Wildman–Crippen MR) is 116 cm³/mol. The summed E-state index contributed by atoms with van der Waals surface area (Å²) in [4.78, 5) is 24.2. The fraction of sp³-hybridized carbons (Fsp3) is 0.286. The van der Waals surface area contributed by atoms with Crippen LogP contribution < -0.4 is 25.6 Å². The van der Waals surface area contributed by atoms with Gasteiger partial charge in [-0.15, -0.1) is 0 Å². The molecule has 9 heteroatoms. The average molecular weight is 432 g/mol. The number of carbonyl (C=O) groups is 2. The molecule has 0 aromatic heterocycles. The molecule has 3 N–H and O–H groups in total. The summed E-state index contributed by atoms with van der Waals surface area (Å²) in [6, 6.07) is 13.8. The van der Waals surface area contributed by atoms with Crippen molar-refractivity contribution in [3.05, 3.63) is 59.7 Å². The van der Waals surface area contributed by atoms with Crippen LogP contribution in [0.1, 0.15) is 22.8 Å². The highest BCUT2D eigenvalue weighted by Gasteiger charge is 2.09. The fourth-order valence-electron chi connectivity index (χ4n) is 2.37. The Hall–Kier alpha value is -3.17. The molecule has 2 amide bonds. The maximum absolute atomic E-state index is 12.2. The highest BCUT2D eigenvalue weighted by atomic mass is 32.1. The van der Waals surface area contributed by atoms with E-state index in [9.17, 15) is 9.59 Å². The number of amides is 2. The molecule has 2 rings (SSSR count). The molecule has 0 bridgehead atoms. The van der Waals surface area contributed by atoms with Gasteiger partial charge in [-0.2, -0.15) is 0 Å². The minimum atomic E-state index is -0.405. The fourth-order valence-corrected chi connectivity index (χ4v) is 2.52. The number of hydrogen-bond donors (Lipinski definition) is 3. The lowest BCUT2D eigenvalue weighted by Gasteiger charge is -2.11. The maximum atomic E-state index is 12.2. The van der Waals surface area contributed by atoms with E-state index in [0.717, 1.165) is 5.56 Å². The van der Waals surface area contributed by atoms with Crippen LogP contribution in [-0.4, -0.2) is 43.9 Å². The zero-order valence-electron chi connectivity index (χ0n) is 16.9. The molecule has 0 saturated heterocycles. The summed E-state index contributed by atoms with van der Waals surface area (Å²) in [7, 11) is 1.58. The summed E-state index contributed by atoms with van der Waals surface area (Å²) in [5.74, 6) is 0.645. The summed E-state index contributed by atoms with van der Waals surface area (Å²) < 4.78 is 15.8. The van der Waals surface area contributed by atoms with Crippen molar-refractivity contribution in [2.24, 2.45) is 0 Å². The van der Waals surface area contributed by atoms with Crippen LogP contribution in [0.3, 0.4) is 0 Å². The molecule has 0 fully saturated rings. The van der Waals surface area contributed by atoms with Crippen molar-refractivity contribution in [2.75, 3.05) is 26.9 Å². The Labute approximate surface area is 180 Å². The Balaban J connectivity index is 1.72. The zero-order valence-corrected chi connectivity index (χ0v) is 17.7. The molecule has 8 nitrogen and oxygen atoms in total. The summed E-state index contributed by atoms with van der Waals surface area (Å²) >= 11 is 5.04. The number of benzene rings is 2. The third kappa shape index (κ3) is 8.06. The summed E-state index contributed by atoms with van der Waals surface area (Å²) in [5, 5.41) is 2.49. The molecule has 30 heavy (non-hydrogen) atoms. The Morgan fingerprint density at radius 2 is 1.60 bits per heavy atom. The third-order valence-electron chi connectivity index (χ3n) is 3.88. The van der Waals surface area contributed by atoms with Crippen LogP contribution in [0.15, 0.2) is 48.5 Å². The Bertz CT molecular complexity index is 841. The lowest BCUT2D eigenvalue weighted by molar-refractivity contribution is -0.121. The van der Waals surface area contributed by atoms with E-state index in [2.05, 4.69) is 16.2 Å². The van der Waals surface area contributed by atoms with E-state index in [1.807, 2.05) is 6.92 Å². The van der Waals surface area contributed by atoms with Gasteiger partial charge >= 0.3 is 0 Å². The van der Waals surface area contributed by atoms with Gasteiger partial charge in [-0.3, -0.25) is 25.8 Å². The van der Waals surface area contributed by atoms with E-state index in [1.165, 1.54) is 0 Å². The monoisotopic (exact) mass is 431 g/mol. The van der Waals surface area contributed by atoms with Crippen molar-refractivity contribution < 1.29 is 23.8 Å². The summed E-state index contributed by atoms with van der Waals surface area (Å²) in [6.45, 7) is 3.49. The number of hydrazine groups is 1. The number of methoxy groups -OCH3 is 1. The van der Waals surface area contributed by atoms with Gasteiger partial charge in [0.1, 0.15) is 18.1 Å². The third-order valence-corrected chi connectivity index (χ3v) is 4.09. The number of hydrogen-bond acceptors (Lipinski definition) is 6. The first-order valence-electron chi connectivity index (χ1n) is 9.35. The lowest BCUT2D eigenvalue weighted by atomic mass is 10.1. The van der Waals surface area contributed by atoms with E-state index in [4.69, 9.17) is 26.4 Å². The number of carbonyl (C=O) groups excluding carboxylic acids is 2. The molecule has 0 heterocycles. The number of rotatable bonds is 9. The van der Waals surface area contributed by atoms with Crippen LogP contribution in [0.25, 0.3) is 0 Å². The molecule has 160 valence electrons. The topological polar surface area (TPSA) is 97.9 Å². The van der Waals surface area contributed by atoms with Crippen molar-refractivity contribution in [3.8, 4) is 11.5 Å².